The van der Waals surface area contributed by atoms with Crippen LogP contribution in [0.2, 0.25) is 58.9 Å². The molecule has 3 aromatic heterocycles. The lowest BCUT2D eigenvalue weighted by Crippen LogP contribution is -2.37. The van der Waals surface area contributed by atoms with Crippen LogP contribution in [0.3, 0.4) is 0 Å². The van der Waals surface area contributed by atoms with Gasteiger partial charge < -0.3 is 9.52 Å². The van der Waals surface area contributed by atoms with Crippen molar-refractivity contribution in [3.05, 3.63) is 140 Å². The highest BCUT2D eigenvalue weighted by molar-refractivity contribution is 6.89. The minimum absolute atomic E-state index is 0.243. The average Bonchev–Trinajstić information content (AvgIpc) is 3.78. The van der Waals surface area contributed by atoms with Gasteiger partial charge in [-0.15, -0.1) is 0 Å². The number of phenolic OH excluding ortho intramolecular Hbond substituents is 1. The van der Waals surface area contributed by atoms with Crippen molar-refractivity contribution in [2.45, 2.75) is 58.9 Å². The van der Waals surface area contributed by atoms with E-state index >= 15 is 0 Å². The molecular formula is C51H51N3O2Si3. The minimum Gasteiger partial charge on any atom is -0.507 e. The fourth-order valence-electron chi connectivity index (χ4n) is 8.14. The normalized spacial score (nSPS) is 12.6. The number of aromatic hydroxyl groups is 1. The van der Waals surface area contributed by atoms with Crippen LogP contribution in [0.1, 0.15) is 0 Å². The molecule has 1 N–H and O–H groups in total. The van der Waals surface area contributed by atoms with Crippen molar-refractivity contribution < 1.29 is 9.52 Å². The second-order valence-corrected chi connectivity index (χ2v) is 34.2. The first kappa shape index (κ1) is 38.7. The van der Waals surface area contributed by atoms with Crippen molar-refractivity contribution in [1.82, 2.24) is 14.5 Å². The molecule has 0 spiro atoms. The first-order valence-electron chi connectivity index (χ1n) is 20.5. The molecule has 9 aromatic rings. The van der Waals surface area contributed by atoms with Crippen molar-refractivity contribution >= 4 is 72.8 Å². The number of fused-ring (bicyclic) bond motifs is 4. The Morgan fingerprint density at radius 3 is 1.90 bits per heavy atom. The summed E-state index contributed by atoms with van der Waals surface area (Å²) in [5.74, 6) is 0.947. The van der Waals surface area contributed by atoms with Crippen LogP contribution in [-0.4, -0.2) is 43.9 Å². The molecule has 0 saturated heterocycles. The predicted molar refractivity (Wildman–Crippen MR) is 258 cm³/mol. The van der Waals surface area contributed by atoms with Gasteiger partial charge in [0.15, 0.2) is 0 Å². The van der Waals surface area contributed by atoms with Crippen molar-refractivity contribution in [1.29, 1.82) is 0 Å². The molecule has 9 rings (SSSR count). The molecular weight excluding hydrogens is 771 g/mol. The zero-order chi connectivity index (χ0) is 41.4. The molecule has 0 aliphatic heterocycles. The van der Waals surface area contributed by atoms with E-state index in [2.05, 4.69) is 185 Å². The summed E-state index contributed by atoms with van der Waals surface area (Å²) in [6, 6.07) is 47.3. The molecule has 3 heterocycles. The number of benzene rings is 6. The highest BCUT2D eigenvalue weighted by Crippen LogP contribution is 2.43. The molecule has 0 fully saturated rings. The lowest BCUT2D eigenvalue weighted by Gasteiger charge is -2.21. The number of pyridine rings is 1. The number of furan rings is 1. The Hall–Kier alpha value is -5.81. The highest BCUT2D eigenvalue weighted by atomic mass is 28.3. The van der Waals surface area contributed by atoms with Gasteiger partial charge in [0.1, 0.15) is 22.7 Å². The molecule has 0 amide bonds. The van der Waals surface area contributed by atoms with Crippen molar-refractivity contribution in [3.63, 3.8) is 0 Å². The topological polar surface area (TPSA) is 64.1 Å². The Bertz CT molecular complexity index is 3050. The van der Waals surface area contributed by atoms with E-state index in [9.17, 15) is 5.11 Å². The summed E-state index contributed by atoms with van der Waals surface area (Å²) in [5.41, 5.74) is 11.4. The van der Waals surface area contributed by atoms with E-state index in [1.807, 2.05) is 18.2 Å². The van der Waals surface area contributed by atoms with Crippen LogP contribution < -0.4 is 15.6 Å². The van der Waals surface area contributed by atoms with E-state index in [4.69, 9.17) is 14.4 Å². The van der Waals surface area contributed by atoms with Crippen molar-refractivity contribution in [2.24, 2.45) is 0 Å². The highest BCUT2D eigenvalue weighted by Gasteiger charge is 2.28. The van der Waals surface area contributed by atoms with Crippen LogP contribution >= 0.6 is 0 Å². The summed E-state index contributed by atoms with van der Waals surface area (Å²) in [6.07, 6.45) is 2.06. The van der Waals surface area contributed by atoms with Gasteiger partial charge in [-0.1, -0.05) is 154 Å². The van der Waals surface area contributed by atoms with Gasteiger partial charge in [-0.05, 0) is 64.8 Å². The number of rotatable bonds is 8. The standard InChI is InChI=1S/C51H51N3O2Si3/c1-57(2,3)35-23-25-40(47(55)31-35)51-53-49-41(29-37(59(7,8)9)30-46(49)54(51)45-21-15-13-19-38(45)33-17-11-10-12-18-33)34-27-42-39-20-14-16-22-48(39)56-50(42)43(28-34)44-26-24-36(32-52-44)58(4,5)6/h10-32,55H,1-9H3. The number of phenols is 1. The third-order valence-corrected chi connectivity index (χ3v) is 17.7. The second-order valence-electron chi connectivity index (χ2n) is 19.0. The molecule has 0 atom stereocenters. The van der Waals surface area contributed by atoms with Crippen LogP contribution in [-0.2, 0) is 0 Å². The summed E-state index contributed by atoms with van der Waals surface area (Å²) in [5, 5.41) is 17.9. The Balaban J connectivity index is 1.40. The van der Waals surface area contributed by atoms with Gasteiger partial charge in [0.05, 0.1) is 52.2 Å². The minimum atomic E-state index is -1.92. The summed E-state index contributed by atoms with van der Waals surface area (Å²) in [6.45, 7) is 21.2. The van der Waals surface area contributed by atoms with Gasteiger partial charge in [-0.3, -0.25) is 9.55 Å². The molecule has 0 radical (unpaired) electrons. The van der Waals surface area contributed by atoms with E-state index in [0.717, 1.165) is 72.2 Å². The van der Waals surface area contributed by atoms with E-state index in [1.54, 1.807) is 0 Å². The van der Waals surface area contributed by atoms with E-state index in [0.29, 0.717) is 11.4 Å². The summed E-state index contributed by atoms with van der Waals surface area (Å²) in [4.78, 5) is 10.7. The van der Waals surface area contributed by atoms with Gasteiger partial charge in [0, 0.05) is 33.7 Å². The van der Waals surface area contributed by atoms with E-state index in [-0.39, 0.29) is 5.75 Å². The third-order valence-electron chi connectivity index (χ3n) is 11.7. The zero-order valence-corrected chi connectivity index (χ0v) is 38.5. The molecule has 0 unspecified atom stereocenters. The van der Waals surface area contributed by atoms with E-state index < -0.39 is 24.2 Å². The van der Waals surface area contributed by atoms with Crippen LogP contribution in [0.4, 0.5) is 0 Å². The van der Waals surface area contributed by atoms with Gasteiger partial charge in [0.25, 0.3) is 0 Å². The Labute approximate surface area is 350 Å². The number of imidazole rings is 1. The van der Waals surface area contributed by atoms with Crippen LogP contribution in [0.15, 0.2) is 144 Å². The van der Waals surface area contributed by atoms with Gasteiger partial charge >= 0.3 is 0 Å². The Kier molecular flexibility index (Phi) is 9.30. The maximum Gasteiger partial charge on any atom is 0.149 e. The molecule has 6 aromatic carbocycles. The predicted octanol–water partition coefficient (Wildman–Crippen LogP) is 12.3. The molecule has 294 valence electrons. The van der Waals surface area contributed by atoms with Crippen molar-refractivity contribution in [2.75, 3.05) is 0 Å². The molecule has 5 nitrogen and oxygen atoms in total. The number of para-hydroxylation sites is 2. The lowest BCUT2D eigenvalue weighted by molar-refractivity contribution is 0.477. The molecule has 0 aliphatic rings. The molecule has 0 saturated carbocycles. The molecule has 0 bridgehead atoms. The monoisotopic (exact) mass is 821 g/mol. The number of hydrogen-bond donors (Lipinski definition) is 1. The largest absolute Gasteiger partial charge is 0.507 e. The summed E-state index contributed by atoms with van der Waals surface area (Å²) >= 11 is 0. The molecule has 8 heteroatoms. The van der Waals surface area contributed by atoms with Crippen LogP contribution in [0.25, 0.3) is 83.6 Å². The fraction of sp³-hybridized carbons (Fsp3) is 0.176. The lowest BCUT2D eigenvalue weighted by atomic mass is 9.96. The smallest absolute Gasteiger partial charge is 0.149 e. The third kappa shape index (κ3) is 6.99. The van der Waals surface area contributed by atoms with Gasteiger partial charge in [-0.25, -0.2) is 4.98 Å². The van der Waals surface area contributed by atoms with Gasteiger partial charge in [-0.2, -0.15) is 0 Å². The quantitative estimate of drug-likeness (QED) is 0.155. The summed E-state index contributed by atoms with van der Waals surface area (Å²) in [7, 11) is -5.20. The zero-order valence-electron chi connectivity index (χ0n) is 35.5. The number of aromatic nitrogens is 3. The molecule has 0 aliphatic carbocycles. The fourth-order valence-corrected chi connectivity index (χ4v) is 11.5. The first-order chi connectivity index (χ1) is 28.1. The first-order valence-corrected chi connectivity index (χ1v) is 31.0. The van der Waals surface area contributed by atoms with E-state index in [1.165, 1.54) is 15.6 Å². The van der Waals surface area contributed by atoms with Crippen LogP contribution in [0, 0.1) is 0 Å². The average molecular weight is 822 g/mol. The SMILES string of the molecule is C[Si](C)(C)c1ccc(-c2cc(-c3cc([Si](C)(C)C)cc4c3nc(-c3ccc([Si](C)(C)C)cc3O)n4-c3ccccc3-c3ccccc3)cc3c2oc2ccccc23)nc1. The number of nitrogens with zero attached hydrogens (tertiary/aromatic N) is 3. The van der Waals surface area contributed by atoms with Crippen molar-refractivity contribution in [3.8, 4) is 56.3 Å². The maximum absolute atomic E-state index is 11.9. The molecule has 59 heavy (non-hydrogen) atoms. The second kappa shape index (κ2) is 14.2. The Morgan fingerprint density at radius 2 is 1.20 bits per heavy atom. The maximum atomic E-state index is 11.9. The summed E-state index contributed by atoms with van der Waals surface area (Å²) < 4.78 is 8.95. The van der Waals surface area contributed by atoms with Crippen LogP contribution in [0.5, 0.6) is 5.75 Å². The van der Waals surface area contributed by atoms with Gasteiger partial charge in [0.2, 0.25) is 0 Å². The Morgan fingerprint density at radius 1 is 0.525 bits per heavy atom. The number of hydrogen-bond acceptors (Lipinski definition) is 4.